The predicted molar refractivity (Wildman–Crippen MR) is 143 cm³/mol. The number of benzene rings is 2. The summed E-state index contributed by atoms with van der Waals surface area (Å²) < 4.78 is 14.0. The molecule has 4 heterocycles. The summed E-state index contributed by atoms with van der Waals surface area (Å²) >= 11 is 1.66. The topological polar surface area (TPSA) is 43.4 Å². The largest absolute Gasteiger partial charge is 0.488 e. The lowest BCUT2D eigenvalue weighted by atomic mass is 9.81. The fourth-order valence-electron chi connectivity index (χ4n) is 5.27. The van der Waals surface area contributed by atoms with Crippen LogP contribution in [0, 0.1) is 0 Å². The van der Waals surface area contributed by atoms with Gasteiger partial charge in [0.2, 0.25) is 0 Å². The minimum absolute atomic E-state index is 0.0736. The number of ether oxygens (including phenoxy) is 2. The minimum atomic E-state index is -0.0736. The number of rotatable bonds is 11. The van der Waals surface area contributed by atoms with E-state index < -0.39 is 0 Å². The van der Waals surface area contributed by atoms with Gasteiger partial charge in [0.1, 0.15) is 24.5 Å². The summed E-state index contributed by atoms with van der Waals surface area (Å²) in [6, 6.07) is 20.6. The second-order valence-corrected chi connectivity index (χ2v) is 10.7. The van der Waals surface area contributed by atoms with Crippen molar-refractivity contribution in [2.24, 2.45) is 0 Å². The van der Waals surface area contributed by atoms with Gasteiger partial charge in [-0.25, -0.2) is 4.98 Å². The van der Waals surface area contributed by atoms with Gasteiger partial charge in [0, 0.05) is 19.3 Å². The molecule has 1 aromatic heterocycles. The third-order valence-corrected chi connectivity index (χ3v) is 8.37. The van der Waals surface area contributed by atoms with Crippen LogP contribution in [0.4, 0.5) is 5.82 Å². The zero-order valence-corrected chi connectivity index (χ0v) is 21.4. The summed E-state index contributed by atoms with van der Waals surface area (Å²) in [6.07, 6.45) is 7.55. The van der Waals surface area contributed by atoms with Crippen molar-refractivity contribution in [3.05, 3.63) is 78.1 Å². The van der Waals surface area contributed by atoms with Crippen molar-refractivity contribution in [3.63, 3.8) is 0 Å². The van der Waals surface area contributed by atoms with Crippen molar-refractivity contribution >= 4 is 17.2 Å². The first-order chi connectivity index (χ1) is 17.2. The van der Waals surface area contributed by atoms with Gasteiger partial charge in [-0.05, 0) is 30.2 Å². The van der Waals surface area contributed by atoms with Crippen LogP contribution in [0.3, 0.4) is 0 Å². The minimum Gasteiger partial charge on any atom is -0.488 e. The van der Waals surface area contributed by atoms with Gasteiger partial charge in [0.15, 0.2) is 11.7 Å². The van der Waals surface area contributed by atoms with Gasteiger partial charge in [-0.1, -0.05) is 61.9 Å². The number of unbranched alkanes of at least 4 members (excludes halogenated alkanes) is 1. The Morgan fingerprint density at radius 1 is 1.03 bits per heavy atom. The van der Waals surface area contributed by atoms with Crippen LogP contribution >= 0.6 is 11.3 Å². The van der Waals surface area contributed by atoms with Crippen molar-refractivity contribution in [2.45, 2.75) is 44.6 Å². The van der Waals surface area contributed by atoms with E-state index in [-0.39, 0.29) is 5.60 Å². The molecule has 35 heavy (non-hydrogen) atoms. The Morgan fingerprint density at radius 3 is 2.40 bits per heavy atom. The van der Waals surface area contributed by atoms with Crippen LogP contribution in [-0.4, -0.2) is 47.9 Å². The molecule has 0 saturated carbocycles. The number of anilines is 1. The third kappa shape index (κ3) is 5.71. The number of piperidine rings is 3. The second kappa shape index (κ2) is 10.8. The molecule has 0 spiro atoms. The van der Waals surface area contributed by atoms with Crippen LogP contribution in [0.25, 0.3) is 10.4 Å². The number of quaternary nitrogens is 1. The molecule has 3 aliphatic rings. The van der Waals surface area contributed by atoms with E-state index in [4.69, 9.17) is 9.47 Å². The van der Waals surface area contributed by atoms with Crippen molar-refractivity contribution in [3.8, 4) is 16.2 Å². The number of nitrogens with one attached hydrogen (secondary N) is 1. The zero-order chi connectivity index (χ0) is 24.0. The highest BCUT2D eigenvalue weighted by Crippen LogP contribution is 2.42. The Balaban J connectivity index is 1.21. The number of nitrogens with zero attached hydrogens (tertiary/aromatic N) is 2. The van der Waals surface area contributed by atoms with Crippen LogP contribution in [0.15, 0.2) is 78.1 Å². The number of para-hydroxylation sites is 1. The highest BCUT2D eigenvalue weighted by atomic mass is 32.1. The van der Waals surface area contributed by atoms with Crippen molar-refractivity contribution in [2.75, 3.05) is 38.1 Å². The Kier molecular flexibility index (Phi) is 7.40. The molecule has 0 atom stereocenters. The average molecular weight is 491 g/mol. The number of fused-ring (bicyclic) bond motifs is 3. The number of hydrogen-bond acceptors (Lipinski definition) is 5. The summed E-state index contributed by atoms with van der Waals surface area (Å²) in [5.41, 5.74) is 3.02. The van der Waals surface area contributed by atoms with E-state index in [1.165, 1.54) is 5.56 Å². The molecule has 2 aromatic carbocycles. The fraction of sp³-hybridized carbons (Fsp3) is 0.414. The summed E-state index contributed by atoms with van der Waals surface area (Å²) in [5.74, 6) is 2.71. The standard InChI is InChI=1S/C29H36N3O2S/c1-2-3-14-26(31-28-27(35-23-30-28)24-10-6-4-7-11-24)34-29-15-18-32(19-16-29,20-17-29)21-22-33-25-12-8-5-9-13-25/h4-14,23,31H,2-3,15-22H2,1H3/q+1. The van der Waals surface area contributed by atoms with E-state index in [1.807, 2.05) is 41.9 Å². The molecule has 0 aliphatic carbocycles. The Hall–Kier alpha value is -2.83. The normalized spacial score (nSPS) is 23.7. The van der Waals surface area contributed by atoms with Gasteiger partial charge in [-0.2, -0.15) is 0 Å². The molecule has 2 bridgehead atoms. The lowest BCUT2D eigenvalue weighted by molar-refractivity contribution is -0.944. The molecule has 3 saturated heterocycles. The Bertz CT molecular complexity index is 1090. The number of aromatic nitrogens is 1. The lowest BCUT2D eigenvalue weighted by Gasteiger charge is -2.54. The maximum absolute atomic E-state index is 6.82. The molecular formula is C29H36N3O2S+. The molecule has 3 fully saturated rings. The Labute approximate surface area is 213 Å². The fourth-order valence-corrected chi connectivity index (χ4v) is 6.02. The van der Waals surface area contributed by atoms with E-state index >= 15 is 0 Å². The first-order valence-corrected chi connectivity index (χ1v) is 13.8. The van der Waals surface area contributed by atoms with Crippen molar-refractivity contribution in [1.29, 1.82) is 0 Å². The molecule has 5 nitrogen and oxygen atoms in total. The average Bonchev–Trinajstić information content (AvgIpc) is 3.38. The molecule has 3 aromatic rings. The van der Waals surface area contributed by atoms with Crippen molar-refractivity contribution < 1.29 is 14.0 Å². The van der Waals surface area contributed by atoms with Gasteiger partial charge >= 0.3 is 0 Å². The second-order valence-electron chi connectivity index (χ2n) is 9.81. The van der Waals surface area contributed by atoms with E-state index in [1.54, 1.807) is 11.3 Å². The first kappa shape index (κ1) is 23.9. The number of allylic oxidation sites excluding steroid dienone is 1. The van der Waals surface area contributed by atoms with Crippen LogP contribution in [-0.2, 0) is 4.74 Å². The molecule has 1 N–H and O–H groups in total. The molecule has 0 amide bonds. The quantitative estimate of drug-likeness (QED) is 0.240. The Morgan fingerprint density at radius 2 is 1.71 bits per heavy atom. The van der Waals surface area contributed by atoms with Crippen LogP contribution in [0.2, 0.25) is 0 Å². The molecular weight excluding hydrogens is 454 g/mol. The van der Waals surface area contributed by atoms with Gasteiger partial charge in [0.25, 0.3) is 0 Å². The van der Waals surface area contributed by atoms with Crippen molar-refractivity contribution in [1.82, 2.24) is 4.98 Å². The van der Waals surface area contributed by atoms with E-state index in [9.17, 15) is 0 Å². The summed E-state index contributed by atoms with van der Waals surface area (Å²) in [4.78, 5) is 5.78. The summed E-state index contributed by atoms with van der Waals surface area (Å²) in [7, 11) is 0. The van der Waals surface area contributed by atoms with E-state index in [2.05, 4.69) is 47.6 Å². The highest BCUT2D eigenvalue weighted by Gasteiger charge is 2.50. The smallest absolute Gasteiger partial charge is 0.188 e. The summed E-state index contributed by atoms with van der Waals surface area (Å²) in [6.45, 7) is 7.52. The lowest BCUT2D eigenvalue weighted by Crippen LogP contribution is -2.65. The monoisotopic (exact) mass is 490 g/mol. The molecule has 3 aliphatic heterocycles. The third-order valence-electron chi connectivity index (χ3n) is 7.49. The SMILES string of the molecule is CCCC=C(Nc1ncsc1-c1ccccc1)OC12CC[N+](CCOc3ccccc3)(CC1)CC2. The number of thiazole rings is 1. The number of hydrogen-bond donors (Lipinski definition) is 1. The van der Waals surface area contributed by atoms with Gasteiger partial charge in [-0.3, -0.25) is 0 Å². The molecule has 6 rings (SSSR count). The molecule has 0 radical (unpaired) electrons. The van der Waals surface area contributed by atoms with Crippen LogP contribution < -0.4 is 10.1 Å². The highest BCUT2D eigenvalue weighted by molar-refractivity contribution is 7.13. The predicted octanol–water partition coefficient (Wildman–Crippen LogP) is 6.71. The van der Waals surface area contributed by atoms with E-state index in [0.717, 1.165) is 91.7 Å². The zero-order valence-electron chi connectivity index (χ0n) is 20.6. The van der Waals surface area contributed by atoms with Crippen LogP contribution in [0.5, 0.6) is 5.75 Å². The maximum atomic E-state index is 6.82. The molecule has 0 unspecified atom stereocenters. The maximum Gasteiger partial charge on any atom is 0.188 e. The van der Waals surface area contributed by atoms with Gasteiger partial charge in [-0.15, -0.1) is 11.3 Å². The summed E-state index contributed by atoms with van der Waals surface area (Å²) in [5, 5.41) is 3.56. The molecule has 6 heteroatoms. The van der Waals surface area contributed by atoms with Crippen LogP contribution in [0.1, 0.15) is 39.0 Å². The van der Waals surface area contributed by atoms with E-state index in [0.29, 0.717) is 0 Å². The first-order valence-electron chi connectivity index (χ1n) is 12.9. The van der Waals surface area contributed by atoms with Gasteiger partial charge in [0.05, 0.1) is 30.0 Å². The van der Waals surface area contributed by atoms with Gasteiger partial charge < -0.3 is 19.3 Å². The molecule has 184 valence electrons.